The van der Waals surface area contributed by atoms with Crippen molar-refractivity contribution in [2.45, 2.75) is 83.9 Å². The van der Waals surface area contributed by atoms with Gasteiger partial charge < -0.3 is 10.0 Å². The molecule has 2 saturated heterocycles. The lowest BCUT2D eigenvalue weighted by Crippen LogP contribution is -2.62. The Morgan fingerprint density at radius 2 is 1.88 bits per heavy atom. The molecule has 1 amide bonds. The Labute approximate surface area is 197 Å². The van der Waals surface area contributed by atoms with Gasteiger partial charge in [0, 0.05) is 37.2 Å². The Bertz CT molecular complexity index is 816. The highest BCUT2D eigenvalue weighted by atomic mass is 35.5. The van der Waals surface area contributed by atoms with Gasteiger partial charge in [0.1, 0.15) is 11.6 Å². The average Bonchev–Trinajstić information content (AvgIpc) is 3.12. The van der Waals surface area contributed by atoms with E-state index in [1.165, 1.54) is 12.1 Å². The number of benzene rings is 1. The third-order valence-electron chi connectivity index (χ3n) is 7.73. The summed E-state index contributed by atoms with van der Waals surface area (Å²) in [7, 11) is 0. The Morgan fingerprint density at radius 3 is 2.44 bits per heavy atom. The molecule has 0 aromatic heterocycles. The molecule has 0 radical (unpaired) electrons. The van der Waals surface area contributed by atoms with Crippen LogP contribution in [-0.2, 0) is 4.79 Å². The summed E-state index contributed by atoms with van der Waals surface area (Å²) in [6.07, 6.45) is 2.24. The standard InChI is InChI=1S/C25H38F2N2O2.ClH/c1-7-11-25(31)16(2)10-12-29(17(25)3)23(30)21-15-28(24(4,5)6)14-20(21)19-9-8-18(26)13-22(19)27;/h8-9,13,16-17,20-21,31H,7,10-12,14-15H2,1-6H3;1H/t16-,17-,20-,21+,25-;/m0./s1. The number of hydrogen-bond donors (Lipinski definition) is 1. The third-order valence-corrected chi connectivity index (χ3v) is 7.73. The predicted octanol–water partition coefficient (Wildman–Crippen LogP) is 4.99. The monoisotopic (exact) mass is 472 g/mol. The molecule has 32 heavy (non-hydrogen) atoms. The molecule has 5 atom stereocenters. The van der Waals surface area contributed by atoms with Crippen molar-refractivity contribution in [1.82, 2.24) is 9.80 Å². The van der Waals surface area contributed by atoms with Crippen molar-refractivity contribution in [3.05, 3.63) is 35.4 Å². The molecule has 0 saturated carbocycles. The first-order chi connectivity index (χ1) is 14.4. The van der Waals surface area contributed by atoms with Crippen molar-refractivity contribution in [2.75, 3.05) is 19.6 Å². The van der Waals surface area contributed by atoms with Gasteiger partial charge in [0.2, 0.25) is 5.91 Å². The molecule has 0 spiro atoms. The van der Waals surface area contributed by atoms with E-state index in [0.717, 1.165) is 18.9 Å². The van der Waals surface area contributed by atoms with Gasteiger partial charge >= 0.3 is 0 Å². The van der Waals surface area contributed by atoms with Gasteiger partial charge in [-0.3, -0.25) is 9.69 Å². The Balaban J connectivity index is 0.00000363. The fourth-order valence-corrected chi connectivity index (χ4v) is 5.55. The first-order valence-corrected chi connectivity index (χ1v) is 11.6. The maximum Gasteiger partial charge on any atom is 0.227 e. The number of amides is 1. The molecule has 0 aliphatic carbocycles. The van der Waals surface area contributed by atoms with Crippen LogP contribution in [0, 0.1) is 23.5 Å². The molecule has 0 bridgehead atoms. The summed E-state index contributed by atoms with van der Waals surface area (Å²) < 4.78 is 28.3. The zero-order valence-electron chi connectivity index (χ0n) is 20.2. The van der Waals surface area contributed by atoms with Crippen molar-refractivity contribution < 1.29 is 18.7 Å². The smallest absolute Gasteiger partial charge is 0.227 e. The van der Waals surface area contributed by atoms with Crippen LogP contribution in [-0.4, -0.2) is 57.6 Å². The van der Waals surface area contributed by atoms with E-state index in [0.29, 0.717) is 31.6 Å². The molecule has 1 aromatic rings. The summed E-state index contributed by atoms with van der Waals surface area (Å²) in [4.78, 5) is 17.9. The largest absolute Gasteiger partial charge is 0.387 e. The maximum atomic E-state index is 14.7. The number of carbonyl (C=O) groups is 1. The molecule has 2 heterocycles. The molecule has 3 rings (SSSR count). The molecular formula is C25H39ClF2N2O2. The second-order valence-electron chi connectivity index (χ2n) is 10.6. The number of likely N-dealkylation sites (tertiary alicyclic amines) is 2. The van der Waals surface area contributed by atoms with Crippen LogP contribution >= 0.6 is 12.4 Å². The number of aliphatic hydroxyl groups is 1. The van der Waals surface area contributed by atoms with Crippen LogP contribution in [0.3, 0.4) is 0 Å². The van der Waals surface area contributed by atoms with Crippen molar-refractivity contribution in [3.63, 3.8) is 0 Å². The predicted molar refractivity (Wildman–Crippen MR) is 126 cm³/mol. The van der Waals surface area contributed by atoms with Crippen molar-refractivity contribution >= 4 is 18.3 Å². The van der Waals surface area contributed by atoms with E-state index in [4.69, 9.17) is 0 Å². The molecule has 1 aromatic carbocycles. The SMILES string of the molecule is CCC[C@@]1(O)[C@H](C)N(C(=O)[C@@H]2CN(C(C)(C)C)C[C@H]2c2ccc(F)cc2F)CC[C@@H]1C.Cl. The molecule has 182 valence electrons. The van der Waals surface area contributed by atoms with E-state index in [2.05, 4.69) is 32.6 Å². The number of nitrogens with zero attached hydrogens (tertiary/aromatic N) is 2. The molecule has 2 aliphatic heterocycles. The maximum absolute atomic E-state index is 14.7. The van der Waals surface area contributed by atoms with E-state index in [1.54, 1.807) is 0 Å². The minimum atomic E-state index is -0.915. The highest BCUT2D eigenvalue weighted by Gasteiger charge is 2.50. The van der Waals surface area contributed by atoms with E-state index in [-0.39, 0.29) is 41.7 Å². The van der Waals surface area contributed by atoms with Gasteiger partial charge in [0.25, 0.3) is 0 Å². The molecule has 2 fully saturated rings. The van der Waals surface area contributed by atoms with Crippen LogP contribution in [0.15, 0.2) is 18.2 Å². The van der Waals surface area contributed by atoms with Gasteiger partial charge in [-0.25, -0.2) is 8.78 Å². The zero-order valence-corrected chi connectivity index (χ0v) is 21.0. The average molecular weight is 473 g/mol. The van der Waals surface area contributed by atoms with E-state index >= 15 is 0 Å². The summed E-state index contributed by atoms with van der Waals surface area (Å²) in [6.45, 7) is 14.0. The Hall–Kier alpha value is -1.24. The lowest BCUT2D eigenvalue weighted by molar-refractivity contribution is -0.158. The second-order valence-corrected chi connectivity index (χ2v) is 10.6. The topological polar surface area (TPSA) is 43.8 Å². The van der Waals surface area contributed by atoms with E-state index in [9.17, 15) is 18.7 Å². The molecule has 0 unspecified atom stereocenters. The lowest BCUT2D eigenvalue weighted by atomic mass is 9.73. The summed E-state index contributed by atoms with van der Waals surface area (Å²) >= 11 is 0. The van der Waals surface area contributed by atoms with Crippen LogP contribution in [0.2, 0.25) is 0 Å². The fraction of sp³-hybridized carbons (Fsp3) is 0.720. The van der Waals surface area contributed by atoms with E-state index in [1.807, 2.05) is 18.7 Å². The van der Waals surface area contributed by atoms with Crippen LogP contribution in [0.1, 0.15) is 72.3 Å². The first-order valence-electron chi connectivity index (χ1n) is 11.6. The van der Waals surface area contributed by atoms with Gasteiger partial charge in [-0.15, -0.1) is 12.4 Å². The highest BCUT2D eigenvalue weighted by Crippen LogP contribution is 2.42. The van der Waals surface area contributed by atoms with Gasteiger partial charge in [-0.1, -0.05) is 26.3 Å². The zero-order chi connectivity index (χ0) is 23.1. The van der Waals surface area contributed by atoms with Crippen molar-refractivity contribution in [1.29, 1.82) is 0 Å². The quantitative estimate of drug-likeness (QED) is 0.671. The molecular weight excluding hydrogens is 434 g/mol. The second kappa shape index (κ2) is 9.94. The number of rotatable bonds is 4. The van der Waals surface area contributed by atoms with Crippen molar-refractivity contribution in [3.8, 4) is 0 Å². The third kappa shape index (κ3) is 4.97. The number of hydrogen-bond acceptors (Lipinski definition) is 3. The van der Waals surface area contributed by atoms with Crippen molar-refractivity contribution in [2.24, 2.45) is 11.8 Å². The highest BCUT2D eigenvalue weighted by molar-refractivity contribution is 5.85. The minimum Gasteiger partial charge on any atom is -0.387 e. The van der Waals surface area contributed by atoms with E-state index < -0.39 is 23.2 Å². The fourth-order valence-electron chi connectivity index (χ4n) is 5.55. The first kappa shape index (κ1) is 27.0. The Kier molecular flexibility index (Phi) is 8.39. The number of halogens is 3. The molecule has 7 heteroatoms. The minimum absolute atomic E-state index is 0. The van der Waals surface area contributed by atoms with Gasteiger partial charge in [-0.2, -0.15) is 0 Å². The van der Waals surface area contributed by atoms with Crippen LogP contribution in [0.25, 0.3) is 0 Å². The number of piperidine rings is 1. The molecule has 2 aliphatic rings. The number of carbonyl (C=O) groups excluding carboxylic acids is 1. The molecule has 1 N–H and O–H groups in total. The summed E-state index contributed by atoms with van der Waals surface area (Å²) in [5.74, 6) is -1.90. The van der Waals surface area contributed by atoms with Gasteiger partial charge in [0.15, 0.2) is 0 Å². The van der Waals surface area contributed by atoms with Crippen LogP contribution in [0.4, 0.5) is 8.78 Å². The van der Waals surface area contributed by atoms with Gasteiger partial charge in [-0.05, 0) is 58.1 Å². The lowest BCUT2D eigenvalue weighted by Gasteiger charge is -2.50. The summed E-state index contributed by atoms with van der Waals surface area (Å²) in [5, 5.41) is 11.4. The van der Waals surface area contributed by atoms with Gasteiger partial charge in [0.05, 0.1) is 17.6 Å². The summed E-state index contributed by atoms with van der Waals surface area (Å²) in [5.41, 5.74) is -0.690. The Morgan fingerprint density at radius 1 is 1.22 bits per heavy atom. The molecule has 4 nitrogen and oxygen atoms in total. The normalized spacial score (nSPS) is 31.5. The van der Waals surface area contributed by atoms with Crippen LogP contribution in [0.5, 0.6) is 0 Å². The summed E-state index contributed by atoms with van der Waals surface area (Å²) in [6, 6.07) is 3.36. The van der Waals surface area contributed by atoms with Crippen LogP contribution < -0.4 is 0 Å².